The summed E-state index contributed by atoms with van der Waals surface area (Å²) in [5.74, 6) is 1.03. The average Bonchev–Trinajstić information content (AvgIpc) is 1.78. The molecule has 9 aromatic rings. The number of phenolic OH excluding ortho intramolecular Hbond substituents is 2. The number of ether oxygens (including phenoxy) is 2. The van der Waals surface area contributed by atoms with Crippen molar-refractivity contribution >= 4 is 92.8 Å². The molecule has 32 nitrogen and oxygen atoms in total. The Morgan fingerprint density at radius 2 is 0.968 bits per heavy atom. The third-order valence-corrected chi connectivity index (χ3v) is 22.3. The highest BCUT2D eigenvalue weighted by Gasteiger charge is 2.34. The summed E-state index contributed by atoms with van der Waals surface area (Å²) in [7, 11) is 5.72. The number of rotatable bonds is 18. The number of halogens is 3. The zero-order chi connectivity index (χ0) is 90.3. The Labute approximate surface area is 725 Å². The molecule has 5 N–H and O–H groups in total. The molecule has 0 fully saturated rings. The van der Waals surface area contributed by atoms with Crippen molar-refractivity contribution in [3.63, 3.8) is 0 Å². The molecular formula is C90H99ClF2N14O18. The van der Waals surface area contributed by atoms with Crippen LogP contribution in [-0.4, -0.2) is 116 Å². The molecule has 658 valence electrons. The quantitative estimate of drug-likeness (QED) is 0.0230. The van der Waals surface area contributed by atoms with Crippen LogP contribution in [0.4, 0.5) is 54.5 Å². The van der Waals surface area contributed by atoms with E-state index in [-0.39, 0.29) is 114 Å². The van der Waals surface area contributed by atoms with E-state index in [0.29, 0.717) is 101 Å². The molecular weight excluding hydrogens is 1640 g/mol. The van der Waals surface area contributed by atoms with E-state index < -0.39 is 22.1 Å². The minimum absolute atomic E-state index is 0.00506. The van der Waals surface area contributed by atoms with Crippen LogP contribution in [0.2, 0.25) is 5.02 Å². The smallest absolute Gasteiger partial charge is 0.342 e. The third-order valence-electron chi connectivity index (χ3n) is 22.0. The molecule has 5 unspecified atom stereocenters. The van der Waals surface area contributed by atoms with Gasteiger partial charge in [0.2, 0.25) is 35.4 Å². The molecule has 8 heterocycles. The first-order valence-electron chi connectivity index (χ1n) is 40.6. The highest BCUT2D eigenvalue weighted by molar-refractivity contribution is 6.31. The maximum Gasteiger partial charge on any atom is 0.342 e. The molecule has 0 bridgehead atoms. The molecule has 2 aromatic heterocycles. The van der Waals surface area contributed by atoms with Crippen LogP contribution in [0.5, 0.6) is 23.0 Å². The minimum atomic E-state index is -0.750. The maximum atomic E-state index is 13.4. The van der Waals surface area contributed by atoms with Crippen LogP contribution in [0.3, 0.4) is 0 Å². The number of carbonyl (C=O) groups is 6. The maximum absolute atomic E-state index is 13.4. The minimum Gasteiger partial charge on any atom is -0.508 e. The van der Waals surface area contributed by atoms with Crippen LogP contribution < -0.4 is 40.1 Å². The number of benzene rings is 7. The molecule has 15 rings (SSSR count). The Morgan fingerprint density at radius 3 is 1.50 bits per heavy atom. The van der Waals surface area contributed by atoms with Gasteiger partial charge < -0.3 is 60.8 Å². The number of aromatic hydroxyl groups is 2. The molecule has 0 radical (unpaired) electrons. The molecule has 7 aromatic carbocycles. The molecule has 35 heteroatoms. The number of aromatic nitrogens is 4. The van der Waals surface area contributed by atoms with Gasteiger partial charge in [0.05, 0.1) is 64.2 Å². The number of phenols is 2. The zero-order valence-corrected chi connectivity index (χ0v) is 71.5. The van der Waals surface area contributed by atoms with E-state index in [0.717, 1.165) is 109 Å². The van der Waals surface area contributed by atoms with E-state index in [1.807, 2.05) is 75.4 Å². The van der Waals surface area contributed by atoms with Gasteiger partial charge in [-0.3, -0.25) is 38.6 Å². The van der Waals surface area contributed by atoms with Crippen molar-refractivity contribution in [2.45, 2.75) is 163 Å². The second kappa shape index (κ2) is 44.2. The van der Waals surface area contributed by atoms with Crippen molar-refractivity contribution in [3.05, 3.63) is 232 Å². The van der Waals surface area contributed by atoms with E-state index in [9.17, 15) is 68.0 Å². The van der Waals surface area contributed by atoms with Crippen molar-refractivity contribution in [2.24, 2.45) is 17.8 Å². The lowest BCUT2D eigenvalue weighted by atomic mass is 9.99. The topological polar surface area (TPSA) is 414 Å². The molecule has 0 saturated carbocycles. The summed E-state index contributed by atoms with van der Waals surface area (Å²) in [4.78, 5) is 127. The number of methoxy groups -OCH3 is 2. The number of nitro groups is 2. The Morgan fingerprint density at radius 1 is 0.520 bits per heavy atom. The number of fused-ring (bicyclic) bond motifs is 6. The van der Waals surface area contributed by atoms with Crippen LogP contribution in [0.1, 0.15) is 152 Å². The van der Waals surface area contributed by atoms with Gasteiger partial charge in [0, 0.05) is 108 Å². The summed E-state index contributed by atoms with van der Waals surface area (Å²) in [6, 6.07) is 37.7. The van der Waals surface area contributed by atoms with Crippen molar-refractivity contribution in [3.8, 4) is 35.1 Å². The number of nitriles is 2. The Hall–Kier alpha value is -13.3. The molecule has 125 heavy (non-hydrogen) atoms. The lowest BCUT2D eigenvalue weighted by Gasteiger charge is -2.25. The number of imidazole rings is 2. The molecule has 6 amide bonds. The van der Waals surface area contributed by atoms with E-state index in [4.69, 9.17) is 51.1 Å². The Kier molecular flexibility index (Phi) is 33.2. The summed E-state index contributed by atoms with van der Waals surface area (Å²) in [6.45, 7) is 9.53. The SMILES string of the molecule is CC1CCc2ccc(Cl)cc2NC1=O.CC1CCc2ccc(F)cc2NC1=O.CC1CCc2ccc(O)cc2N(Cc2cccc(F)c2)C1=O.COOC(Cn1c([N+](=O)[O-])cnc1C)c1cc2c(cc1OC)N(CC#N)C(=O)CCC2.COOC(Cn1c([N+](=O)[O-])cnc1C)c1cc2c(cc1OC)NC(=O)CCC2.N#CCN1C(=O)CCCc2ccc(O)cc21. The van der Waals surface area contributed by atoms with Crippen molar-refractivity contribution in [1.29, 1.82) is 10.5 Å². The van der Waals surface area contributed by atoms with Crippen molar-refractivity contribution < 1.29 is 86.6 Å². The third kappa shape index (κ3) is 24.4. The number of aryl methyl sites for hydroxylation is 8. The molecule has 5 atom stereocenters. The summed E-state index contributed by atoms with van der Waals surface area (Å²) < 4.78 is 40.2. The standard InChI is InChI=1S/C20H23N5O6.C18H18FNO2.C18H22N4O6.C12H12N2O2.C11H12ClNO.C11H12FNO/c1-13-22-11-19(25(27)28)24(13)12-18(31-30-3)15-9-14-5-4-6-20(26)23(8-7-21)16(14)10-17(15)29-2;1-12-5-6-14-7-8-16(21)10-17(14)20(18(12)22)11-13-3-2-4-15(19)9-13;1-11-19-9-18(22(24)25)21(11)10-16(28-27-3)13-7-12-5-4-6-17(23)20-14(12)8-15(13)26-2;13-6-7-14-11-8-10(15)5-4-9(11)2-1-3-12(14)16;2*1-7-2-3-8-4-5-9(12)6-10(8)13-11(7)14/h9-11,18H,4-6,8,12H2,1-3H3;2-4,7-10,12,21H,5-6,11H2,1H3;7-9,16H,4-6,10H2,1-3H3,(H,20,23);4-5,8,15H,1-3,7H2;2*4-7H,2-3H2,1H3,(H,13,14). The van der Waals surface area contributed by atoms with Crippen molar-refractivity contribution in [2.75, 3.05) is 72.2 Å². The van der Waals surface area contributed by atoms with E-state index in [1.165, 1.54) is 89.6 Å². The van der Waals surface area contributed by atoms with Gasteiger partial charge in [-0.2, -0.15) is 10.5 Å². The number of hydrogen-bond acceptors (Lipinski definition) is 22. The zero-order valence-electron chi connectivity index (χ0n) is 70.7. The normalized spacial score (nSPS) is 16.7. The van der Waals surface area contributed by atoms with Crippen LogP contribution in [0.25, 0.3) is 0 Å². The Balaban J connectivity index is 0.000000161. The second-order valence-electron chi connectivity index (χ2n) is 30.5. The fraction of sp³-hybridized carbons (Fsp3) is 0.378. The van der Waals surface area contributed by atoms with Crippen LogP contribution >= 0.6 is 11.6 Å². The summed E-state index contributed by atoms with van der Waals surface area (Å²) >= 11 is 5.86. The van der Waals surface area contributed by atoms with Crippen LogP contribution in [0, 0.1) is 86.1 Å². The average molecular weight is 1740 g/mol. The molecule has 6 aliphatic rings. The van der Waals surface area contributed by atoms with Gasteiger partial charge in [-0.1, -0.05) is 68.8 Å². The van der Waals surface area contributed by atoms with Gasteiger partial charge in [-0.15, -0.1) is 0 Å². The largest absolute Gasteiger partial charge is 0.508 e. The molecule has 0 saturated heterocycles. The molecule has 0 spiro atoms. The van der Waals surface area contributed by atoms with Crippen LogP contribution in [-0.2, 0) is 106 Å². The first-order valence-corrected chi connectivity index (χ1v) is 41.0. The predicted molar refractivity (Wildman–Crippen MR) is 460 cm³/mol. The van der Waals surface area contributed by atoms with Gasteiger partial charge in [0.1, 0.15) is 73.2 Å². The summed E-state index contributed by atoms with van der Waals surface area (Å²) in [5, 5.41) is 68.9. The van der Waals surface area contributed by atoms with E-state index >= 15 is 0 Å². The lowest BCUT2D eigenvalue weighted by Crippen LogP contribution is -2.33. The van der Waals surface area contributed by atoms with Gasteiger partial charge in [0.15, 0.2) is 23.9 Å². The second-order valence-corrected chi connectivity index (χ2v) is 30.9. The van der Waals surface area contributed by atoms with Crippen LogP contribution in [0.15, 0.2) is 134 Å². The monoisotopic (exact) mass is 1740 g/mol. The predicted octanol–water partition coefficient (Wildman–Crippen LogP) is 15.8. The number of hydrogen-bond donors (Lipinski definition) is 5. The van der Waals surface area contributed by atoms with Gasteiger partial charge in [0.25, 0.3) is 0 Å². The highest BCUT2D eigenvalue weighted by atomic mass is 35.5. The molecule has 6 aliphatic heterocycles. The number of amides is 6. The summed E-state index contributed by atoms with van der Waals surface area (Å²) in [6.07, 6.45) is 11.6. The number of nitrogens with zero attached hydrogens (tertiary/aromatic N) is 11. The first-order chi connectivity index (χ1) is 59.9. The van der Waals surface area contributed by atoms with Gasteiger partial charge in [-0.25, -0.2) is 47.4 Å². The lowest BCUT2D eigenvalue weighted by molar-refractivity contribution is -0.393. The number of nitrogens with one attached hydrogen (secondary N) is 3. The summed E-state index contributed by atoms with van der Waals surface area (Å²) in [5.41, 5.74) is 12.3. The fourth-order valence-electron chi connectivity index (χ4n) is 15.2. The van der Waals surface area contributed by atoms with Gasteiger partial charge >= 0.3 is 11.6 Å². The first kappa shape index (κ1) is 94.0. The highest BCUT2D eigenvalue weighted by Crippen LogP contribution is 2.42. The van der Waals surface area contributed by atoms with Crippen molar-refractivity contribution in [1.82, 2.24) is 19.1 Å². The van der Waals surface area contributed by atoms with E-state index in [1.54, 1.807) is 73.3 Å². The fourth-order valence-corrected chi connectivity index (χ4v) is 15.4. The molecule has 0 aliphatic carbocycles. The Bertz CT molecular complexity index is 5460. The van der Waals surface area contributed by atoms with Gasteiger partial charge in [-0.05, 0) is 187 Å². The van der Waals surface area contributed by atoms with E-state index in [2.05, 4.69) is 25.9 Å². The number of carbonyl (C=O) groups excluding carboxylic acids is 6. The number of anilines is 6.